The van der Waals surface area contributed by atoms with E-state index < -0.39 is 6.43 Å². The molecule has 0 amide bonds. The summed E-state index contributed by atoms with van der Waals surface area (Å²) in [7, 11) is 0. The highest BCUT2D eigenvalue weighted by molar-refractivity contribution is 5.97. The number of nitrogens with zero attached hydrogens (tertiary/aromatic N) is 3. The van der Waals surface area contributed by atoms with E-state index in [4.69, 9.17) is 4.98 Å². The van der Waals surface area contributed by atoms with Crippen molar-refractivity contribution in [2.45, 2.75) is 26.8 Å². The first-order chi connectivity index (χ1) is 12.1. The van der Waals surface area contributed by atoms with E-state index in [1.807, 2.05) is 49.4 Å². The number of halogens is 2. The molecule has 0 bridgehead atoms. The second-order valence-electron chi connectivity index (χ2n) is 6.02. The molecule has 3 nitrogen and oxygen atoms in total. The molecule has 0 N–H and O–H groups in total. The van der Waals surface area contributed by atoms with Crippen molar-refractivity contribution in [3.05, 3.63) is 59.8 Å². The van der Waals surface area contributed by atoms with E-state index in [-0.39, 0.29) is 5.56 Å². The molecule has 0 spiro atoms. The molecule has 0 saturated heterocycles. The van der Waals surface area contributed by atoms with Gasteiger partial charge >= 0.3 is 0 Å². The van der Waals surface area contributed by atoms with Gasteiger partial charge in [0.25, 0.3) is 6.43 Å². The normalized spacial score (nSPS) is 11.7. The first-order valence-electron chi connectivity index (χ1n) is 8.24. The smallest absolute Gasteiger partial charge is 0.247 e. The van der Waals surface area contributed by atoms with Crippen LogP contribution >= 0.6 is 0 Å². The predicted octanol–water partition coefficient (Wildman–Crippen LogP) is 5.52. The molecule has 0 aliphatic heterocycles. The third-order valence-electron chi connectivity index (χ3n) is 4.51. The summed E-state index contributed by atoms with van der Waals surface area (Å²) in [5.41, 5.74) is 2.49. The van der Waals surface area contributed by atoms with Crippen molar-refractivity contribution in [1.29, 1.82) is 0 Å². The maximum absolute atomic E-state index is 13.7. The maximum Gasteiger partial charge on any atom is 0.264 e. The number of fused-ring (bicyclic) bond motifs is 2. The van der Waals surface area contributed by atoms with Gasteiger partial charge in [-0.15, -0.1) is 0 Å². The molecule has 0 unspecified atom stereocenters. The van der Waals surface area contributed by atoms with Crippen LogP contribution in [0, 0.1) is 6.92 Å². The van der Waals surface area contributed by atoms with Crippen LogP contribution in [0.1, 0.15) is 24.6 Å². The minimum absolute atomic E-state index is 0.00914. The molecule has 25 heavy (non-hydrogen) atoms. The van der Waals surface area contributed by atoms with Gasteiger partial charge in [0.05, 0.1) is 16.8 Å². The Bertz CT molecular complexity index is 1080. The van der Waals surface area contributed by atoms with E-state index in [1.54, 1.807) is 11.6 Å². The van der Waals surface area contributed by atoms with Crippen LogP contribution in [0.25, 0.3) is 33.1 Å². The number of pyridine rings is 1. The summed E-state index contributed by atoms with van der Waals surface area (Å²) in [6.45, 7) is 4.26. The molecule has 0 fully saturated rings. The van der Waals surface area contributed by atoms with Crippen molar-refractivity contribution < 1.29 is 8.78 Å². The van der Waals surface area contributed by atoms with Crippen LogP contribution in [-0.2, 0) is 6.54 Å². The first-order valence-corrected chi connectivity index (χ1v) is 8.24. The zero-order valence-corrected chi connectivity index (χ0v) is 14.0. The van der Waals surface area contributed by atoms with Crippen molar-refractivity contribution in [2.75, 3.05) is 0 Å². The van der Waals surface area contributed by atoms with Gasteiger partial charge in [-0.3, -0.25) is 0 Å². The van der Waals surface area contributed by atoms with Crippen molar-refractivity contribution >= 4 is 21.8 Å². The molecule has 0 saturated carbocycles. The monoisotopic (exact) mass is 337 g/mol. The van der Waals surface area contributed by atoms with Gasteiger partial charge in [-0.2, -0.15) is 5.10 Å². The quantitative estimate of drug-likeness (QED) is 0.493. The SMILES string of the molecule is CCn1nc(C)c2c(C(F)F)cc(-c3cccc4ccccc34)nc21. The molecule has 0 aliphatic carbocycles. The lowest BCUT2D eigenvalue weighted by atomic mass is 10.00. The predicted molar refractivity (Wildman–Crippen MR) is 95.8 cm³/mol. The van der Waals surface area contributed by atoms with Crippen molar-refractivity contribution in [2.24, 2.45) is 0 Å². The lowest BCUT2D eigenvalue weighted by Crippen LogP contribution is -2.00. The summed E-state index contributed by atoms with van der Waals surface area (Å²) in [4.78, 5) is 4.70. The Kier molecular flexibility index (Phi) is 3.71. The number of rotatable bonds is 3. The minimum atomic E-state index is -2.58. The number of hydrogen-bond acceptors (Lipinski definition) is 2. The summed E-state index contributed by atoms with van der Waals surface area (Å²) >= 11 is 0. The fourth-order valence-electron chi connectivity index (χ4n) is 3.37. The fraction of sp³-hybridized carbons (Fsp3) is 0.200. The average Bonchev–Trinajstić information content (AvgIpc) is 2.96. The Morgan fingerprint density at radius 3 is 2.60 bits per heavy atom. The van der Waals surface area contributed by atoms with Crippen LogP contribution in [0.5, 0.6) is 0 Å². The number of alkyl halides is 2. The Balaban J connectivity index is 2.08. The van der Waals surface area contributed by atoms with Gasteiger partial charge in [-0.25, -0.2) is 18.4 Å². The standard InChI is InChI=1S/C20H17F2N3/c1-3-25-20-18(12(2)24-25)16(19(21)22)11-17(23-20)15-10-6-8-13-7-4-5-9-14(13)15/h4-11,19H,3H2,1-2H3. The molecular formula is C20H17F2N3. The second kappa shape index (κ2) is 5.92. The highest BCUT2D eigenvalue weighted by atomic mass is 19.3. The largest absolute Gasteiger partial charge is 0.264 e. The Morgan fingerprint density at radius 1 is 1.08 bits per heavy atom. The van der Waals surface area contributed by atoms with Crippen LogP contribution in [0.3, 0.4) is 0 Å². The van der Waals surface area contributed by atoms with Crippen LogP contribution in [0.4, 0.5) is 8.78 Å². The van der Waals surface area contributed by atoms with Gasteiger partial charge in [-0.05, 0) is 30.7 Å². The molecular weight excluding hydrogens is 320 g/mol. The molecule has 126 valence electrons. The molecule has 4 aromatic rings. The number of aryl methyl sites for hydroxylation is 2. The van der Waals surface area contributed by atoms with Gasteiger partial charge < -0.3 is 0 Å². The van der Waals surface area contributed by atoms with E-state index in [1.165, 1.54) is 6.07 Å². The van der Waals surface area contributed by atoms with Gasteiger partial charge in [-0.1, -0.05) is 42.5 Å². The van der Waals surface area contributed by atoms with E-state index >= 15 is 0 Å². The van der Waals surface area contributed by atoms with Crippen molar-refractivity contribution in [1.82, 2.24) is 14.8 Å². The molecule has 2 aromatic carbocycles. The molecule has 0 aliphatic rings. The molecule has 0 radical (unpaired) electrons. The summed E-state index contributed by atoms with van der Waals surface area (Å²) < 4.78 is 29.2. The Morgan fingerprint density at radius 2 is 1.84 bits per heavy atom. The number of benzene rings is 2. The van der Waals surface area contributed by atoms with Gasteiger partial charge in [0.1, 0.15) is 0 Å². The molecule has 0 atom stereocenters. The summed E-state index contributed by atoms with van der Waals surface area (Å²) in [5, 5.41) is 6.88. The molecule has 5 heteroatoms. The van der Waals surface area contributed by atoms with Crippen molar-refractivity contribution in [3.8, 4) is 11.3 Å². The van der Waals surface area contributed by atoms with Crippen molar-refractivity contribution in [3.63, 3.8) is 0 Å². The topological polar surface area (TPSA) is 30.7 Å². The lowest BCUT2D eigenvalue weighted by molar-refractivity contribution is 0.153. The number of aromatic nitrogens is 3. The van der Waals surface area contributed by atoms with E-state index in [0.717, 1.165) is 16.3 Å². The first kappa shape index (κ1) is 15.7. The lowest BCUT2D eigenvalue weighted by Gasteiger charge is -2.10. The zero-order chi connectivity index (χ0) is 17.6. The average molecular weight is 337 g/mol. The summed E-state index contributed by atoms with van der Waals surface area (Å²) in [6.07, 6.45) is -2.58. The maximum atomic E-state index is 13.7. The number of hydrogen-bond donors (Lipinski definition) is 0. The van der Waals surface area contributed by atoms with Crippen LogP contribution in [-0.4, -0.2) is 14.8 Å². The molecule has 4 rings (SSSR count). The van der Waals surface area contributed by atoms with E-state index in [0.29, 0.717) is 29.0 Å². The Labute approximate surface area is 143 Å². The fourth-order valence-corrected chi connectivity index (χ4v) is 3.37. The minimum Gasteiger partial charge on any atom is -0.247 e. The third kappa shape index (κ3) is 2.47. The van der Waals surface area contributed by atoms with E-state index in [2.05, 4.69) is 5.10 Å². The van der Waals surface area contributed by atoms with Crippen LogP contribution < -0.4 is 0 Å². The highest BCUT2D eigenvalue weighted by Crippen LogP contribution is 2.35. The van der Waals surface area contributed by atoms with Crippen LogP contribution in [0.15, 0.2) is 48.5 Å². The summed E-state index contributed by atoms with van der Waals surface area (Å²) in [6, 6.07) is 15.3. The van der Waals surface area contributed by atoms with E-state index in [9.17, 15) is 8.78 Å². The summed E-state index contributed by atoms with van der Waals surface area (Å²) in [5.74, 6) is 0. The third-order valence-corrected chi connectivity index (χ3v) is 4.51. The second-order valence-corrected chi connectivity index (χ2v) is 6.02. The van der Waals surface area contributed by atoms with Gasteiger partial charge in [0.15, 0.2) is 5.65 Å². The zero-order valence-electron chi connectivity index (χ0n) is 14.0. The highest BCUT2D eigenvalue weighted by Gasteiger charge is 2.21. The molecule has 2 aromatic heterocycles. The van der Waals surface area contributed by atoms with Gasteiger partial charge in [0, 0.05) is 17.7 Å². The van der Waals surface area contributed by atoms with Crippen LogP contribution in [0.2, 0.25) is 0 Å². The Hall–Kier alpha value is -2.82. The molecule has 2 heterocycles. The van der Waals surface area contributed by atoms with Gasteiger partial charge in [0.2, 0.25) is 0 Å².